The molecule has 0 heterocycles. The number of carbonyl (C=O) groups excluding carboxylic acids is 2. The van der Waals surface area contributed by atoms with Crippen molar-refractivity contribution in [3.8, 4) is 0 Å². The Morgan fingerprint density at radius 3 is 2.26 bits per heavy atom. The number of amides is 1. The van der Waals surface area contributed by atoms with Crippen LogP contribution in [0, 0.1) is 0 Å². The van der Waals surface area contributed by atoms with E-state index < -0.39 is 42.3 Å². The highest BCUT2D eigenvalue weighted by Crippen LogP contribution is 1.99. The highest BCUT2D eigenvalue weighted by molar-refractivity contribution is 5.89. The molecule has 9 heteroatoms. The zero-order chi connectivity index (χ0) is 15.0. The lowest BCUT2D eigenvalue weighted by molar-refractivity contribution is -0.148. The number of carboxylic acid groups (broad SMARTS) is 2. The lowest BCUT2D eigenvalue weighted by Crippen LogP contribution is -2.49. The Labute approximate surface area is 108 Å². The summed E-state index contributed by atoms with van der Waals surface area (Å²) in [4.78, 5) is 43.6. The smallest absolute Gasteiger partial charge is 0.326 e. The van der Waals surface area contributed by atoms with E-state index >= 15 is 0 Å². The van der Waals surface area contributed by atoms with Crippen LogP contribution < -0.4 is 11.1 Å². The Balaban J connectivity index is 4.42. The lowest BCUT2D eigenvalue weighted by atomic mass is 10.1. The van der Waals surface area contributed by atoms with Crippen LogP contribution >= 0.6 is 0 Å². The zero-order valence-electron chi connectivity index (χ0n) is 10.3. The average Bonchev–Trinajstić information content (AvgIpc) is 2.34. The molecule has 19 heavy (non-hydrogen) atoms. The molecular weight excluding hydrogens is 260 g/mol. The maximum Gasteiger partial charge on any atom is 0.326 e. The van der Waals surface area contributed by atoms with Crippen LogP contribution in [0.1, 0.15) is 19.3 Å². The fraction of sp³-hybridized carbons (Fsp3) is 0.600. The number of rotatable bonds is 8. The van der Waals surface area contributed by atoms with Crippen molar-refractivity contribution in [2.45, 2.75) is 31.3 Å². The first kappa shape index (κ1) is 16.8. The third-order valence-corrected chi connectivity index (χ3v) is 2.22. The quantitative estimate of drug-likeness (QED) is 0.382. The minimum Gasteiger partial charge on any atom is -0.481 e. The molecule has 0 aliphatic heterocycles. The van der Waals surface area contributed by atoms with Crippen LogP contribution in [0.15, 0.2) is 0 Å². The topological polar surface area (TPSA) is 156 Å². The van der Waals surface area contributed by atoms with Crippen molar-refractivity contribution in [2.24, 2.45) is 5.73 Å². The predicted molar refractivity (Wildman–Crippen MR) is 61.0 cm³/mol. The number of hydrogen-bond acceptors (Lipinski definition) is 6. The van der Waals surface area contributed by atoms with Crippen LogP contribution in [0.5, 0.6) is 0 Å². The van der Waals surface area contributed by atoms with E-state index in [-0.39, 0.29) is 12.8 Å². The van der Waals surface area contributed by atoms with E-state index in [1.165, 1.54) is 0 Å². The summed E-state index contributed by atoms with van der Waals surface area (Å²) < 4.78 is 4.29. The summed E-state index contributed by atoms with van der Waals surface area (Å²) in [6.07, 6.45) is -0.988. The summed E-state index contributed by atoms with van der Waals surface area (Å²) >= 11 is 0. The molecule has 108 valence electrons. The Hall–Kier alpha value is -2.16. The number of carbonyl (C=O) groups is 4. The molecule has 1 unspecified atom stereocenters. The van der Waals surface area contributed by atoms with Gasteiger partial charge in [-0.15, -0.1) is 0 Å². The van der Waals surface area contributed by atoms with Crippen molar-refractivity contribution in [3.05, 3.63) is 0 Å². The van der Waals surface area contributed by atoms with Crippen molar-refractivity contribution in [2.75, 3.05) is 7.11 Å². The van der Waals surface area contributed by atoms with Gasteiger partial charge in [-0.1, -0.05) is 0 Å². The van der Waals surface area contributed by atoms with Crippen molar-refractivity contribution in [1.29, 1.82) is 0 Å². The molecule has 9 nitrogen and oxygen atoms in total. The third kappa shape index (κ3) is 6.99. The van der Waals surface area contributed by atoms with Crippen LogP contribution in [0.2, 0.25) is 0 Å². The Morgan fingerprint density at radius 2 is 1.84 bits per heavy atom. The van der Waals surface area contributed by atoms with E-state index in [9.17, 15) is 19.2 Å². The lowest BCUT2D eigenvalue weighted by Gasteiger charge is -2.16. The number of hydrogen-bond donors (Lipinski definition) is 4. The molecule has 0 aromatic carbocycles. The second kappa shape index (κ2) is 8.03. The normalized spacial score (nSPS) is 13.2. The fourth-order valence-electron chi connectivity index (χ4n) is 1.14. The molecule has 0 aliphatic rings. The van der Waals surface area contributed by atoms with Gasteiger partial charge >= 0.3 is 17.9 Å². The van der Waals surface area contributed by atoms with Gasteiger partial charge < -0.3 is 26.0 Å². The summed E-state index contributed by atoms with van der Waals surface area (Å²) in [5, 5.41) is 19.3. The van der Waals surface area contributed by atoms with Crippen molar-refractivity contribution < 1.29 is 34.1 Å². The summed E-state index contributed by atoms with van der Waals surface area (Å²) in [5.41, 5.74) is 5.39. The standard InChI is InChI=1S/C10H16N2O7/c1-19-8(15)4-6(10(17)18)12-9(16)5(11)2-3-7(13)14/h5-6H,2-4,11H2,1H3,(H,12,16)(H,13,14)(H,17,18)/t5?,6-/m0/s1. The summed E-state index contributed by atoms with van der Waals surface area (Å²) in [6, 6.07) is -2.62. The number of nitrogens with one attached hydrogen (secondary N) is 1. The average molecular weight is 276 g/mol. The van der Waals surface area contributed by atoms with Crippen molar-refractivity contribution >= 4 is 23.8 Å². The van der Waals surface area contributed by atoms with Gasteiger partial charge in [0.05, 0.1) is 19.6 Å². The van der Waals surface area contributed by atoms with Gasteiger partial charge in [-0.3, -0.25) is 14.4 Å². The molecule has 5 N–H and O–H groups in total. The second-order valence-electron chi connectivity index (χ2n) is 3.72. The molecule has 0 aliphatic carbocycles. The molecule has 0 rings (SSSR count). The second-order valence-corrected chi connectivity index (χ2v) is 3.72. The number of methoxy groups -OCH3 is 1. The van der Waals surface area contributed by atoms with E-state index in [0.29, 0.717) is 0 Å². The number of ether oxygens (including phenoxy) is 1. The van der Waals surface area contributed by atoms with Gasteiger partial charge in [0.15, 0.2) is 0 Å². The largest absolute Gasteiger partial charge is 0.481 e. The Bertz CT molecular complexity index is 369. The van der Waals surface area contributed by atoms with E-state index in [0.717, 1.165) is 7.11 Å². The molecule has 0 aromatic rings. The van der Waals surface area contributed by atoms with E-state index in [2.05, 4.69) is 4.74 Å². The molecule has 0 fully saturated rings. The number of aliphatic carboxylic acids is 2. The molecule has 0 saturated heterocycles. The Morgan fingerprint density at radius 1 is 1.26 bits per heavy atom. The predicted octanol–water partition coefficient (Wildman–Crippen LogP) is -1.69. The molecule has 1 amide bonds. The molecule has 0 saturated carbocycles. The zero-order valence-corrected chi connectivity index (χ0v) is 10.3. The highest BCUT2D eigenvalue weighted by atomic mass is 16.5. The maximum absolute atomic E-state index is 11.5. The minimum absolute atomic E-state index is 0.133. The first-order valence-electron chi connectivity index (χ1n) is 5.35. The van der Waals surface area contributed by atoms with Crippen LogP contribution in [0.3, 0.4) is 0 Å². The van der Waals surface area contributed by atoms with Crippen LogP contribution in [0.25, 0.3) is 0 Å². The number of nitrogens with two attached hydrogens (primary N) is 1. The maximum atomic E-state index is 11.5. The molecule has 0 radical (unpaired) electrons. The van der Waals surface area contributed by atoms with Gasteiger partial charge in [0, 0.05) is 6.42 Å². The summed E-state index contributed by atoms with van der Waals surface area (Å²) in [6.45, 7) is 0. The third-order valence-electron chi connectivity index (χ3n) is 2.22. The van der Waals surface area contributed by atoms with Gasteiger partial charge in [-0.25, -0.2) is 4.79 Å². The van der Waals surface area contributed by atoms with Gasteiger partial charge in [-0.05, 0) is 6.42 Å². The highest BCUT2D eigenvalue weighted by Gasteiger charge is 2.26. The van der Waals surface area contributed by atoms with Crippen LogP contribution in [0.4, 0.5) is 0 Å². The summed E-state index contributed by atoms with van der Waals surface area (Å²) in [7, 11) is 1.08. The molecule has 2 atom stereocenters. The van der Waals surface area contributed by atoms with Crippen LogP contribution in [-0.2, 0) is 23.9 Å². The summed E-state index contributed by atoms with van der Waals surface area (Å²) in [5.74, 6) is -4.17. The molecular formula is C10H16N2O7. The minimum atomic E-state index is -1.46. The van der Waals surface area contributed by atoms with Gasteiger partial charge in [0.25, 0.3) is 0 Å². The van der Waals surface area contributed by atoms with Gasteiger partial charge in [-0.2, -0.15) is 0 Å². The first-order chi connectivity index (χ1) is 8.77. The molecule has 0 bridgehead atoms. The van der Waals surface area contributed by atoms with Gasteiger partial charge in [0.1, 0.15) is 6.04 Å². The van der Waals surface area contributed by atoms with Crippen LogP contribution in [-0.4, -0.2) is 53.2 Å². The molecule has 0 aromatic heterocycles. The fourth-order valence-corrected chi connectivity index (χ4v) is 1.14. The SMILES string of the molecule is COC(=O)C[C@H](NC(=O)C(N)CCC(=O)O)C(=O)O. The Kier molecular flexibility index (Phi) is 7.12. The first-order valence-corrected chi connectivity index (χ1v) is 5.35. The van der Waals surface area contributed by atoms with Gasteiger partial charge in [0.2, 0.25) is 5.91 Å². The van der Waals surface area contributed by atoms with E-state index in [1.54, 1.807) is 0 Å². The van der Waals surface area contributed by atoms with Crippen molar-refractivity contribution in [1.82, 2.24) is 5.32 Å². The number of carboxylic acids is 2. The monoisotopic (exact) mass is 276 g/mol. The van der Waals surface area contributed by atoms with E-state index in [4.69, 9.17) is 15.9 Å². The number of esters is 1. The molecule has 0 spiro atoms. The van der Waals surface area contributed by atoms with Crippen molar-refractivity contribution in [3.63, 3.8) is 0 Å². The van der Waals surface area contributed by atoms with E-state index in [1.807, 2.05) is 5.32 Å².